The second-order valence-electron chi connectivity index (χ2n) is 2.59. The lowest BCUT2D eigenvalue weighted by Gasteiger charge is -2.07. The van der Waals surface area contributed by atoms with Crippen molar-refractivity contribution in [1.82, 2.24) is 4.98 Å². The summed E-state index contributed by atoms with van der Waals surface area (Å²) in [4.78, 5) is 4.08. The molecule has 0 aromatic carbocycles. The van der Waals surface area contributed by atoms with Gasteiger partial charge >= 0.3 is 0 Å². The lowest BCUT2D eigenvalue weighted by Crippen LogP contribution is -2.07. The fraction of sp³-hybridized carbons (Fsp3) is 0.222. The van der Waals surface area contributed by atoms with Crippen LogP contribution in [0.15, 0.2) is 24.8 Å². The minimum Gasteiger partial charge on any atom is -0.321 e. The van der Waals surface area contributed by atoms with E-state index in [0.29, 0.717) is 5.15 Å². The molecule has 1 aromatic heterocycles. The summed E-state index contributed by atoms with van der Waals surface area (Å²) in [6.07, 6.45) is 1.64. The minimum absolute atomic E-state index is 0.231. The lowest BCUT2D eigenvalue weighted by atomic mass is 10.1. The van der Waals surface area contributed by atoms with E-state index < -0.39 is 0 Å². The van der Waals surface area contributed by atoms with Crippen molar-refractivity contribution in [3.8, 4) is 0 Å². The van der Waals surface area contributed by atoms with Gasteiger partial charge in [0.25, 0.3) is 0 Å². The highest BCUT2D eigenvalue weighted by molar-refractivity contribution is 6.30. The van der Waals surface area contributed by atoms with Crippen molar-refractivity contribution < 1.29 is 0 Å². The van der Waals surface area contributed by atoms with Crippen molar-refractivity contribution >= 4 is 11.6 Å². The number of nitrogens with two attached hydrogens (primary N) is 1. The van der Waals surface area contributed by atoms with Crippen LogP contribution in [0.1, 0.15) is 17.3 Å². The van der Waals surface area contributed by atoms with Gasteiger partial charge in [-0.15, -0.1) is 6.58 Å². The number of nitrogens with zero attached hydrogens (tertiary/aromatic N) is 1. The van der Waals surface area contributed by atoms with Gasteiger partial charge in [-0.25, -0.2) is 4.98 Å². The fourth-order valence-corrected chi connectivity index (χ4v) is 1.23. The number of pyridine rings is 1. The van der Waals surface area contributed by atoms with Crippen LogP contribution in [-0.2, 0) is 0 Å². The lowest BCUT2D eigenvalue weighted by molar-refractivity contribution is 0.900. The maximum absolute atomic E-state index is 5.86. The summed E-state index contributed by atoms with van der Waals surface area (Å²) in [6, 6.07) is 3.52. The molecule has 1 aromatic rings. The van der Waals surface area contributed by atoms with Crippen LogP contribution in [0.2, 0.25) is 5.15 Å². The molecule has 0 saturated carbocycles. The molecule has 0 radical (unpaired) electrons. The van der Waals surface area contributed by atoms with E-state index >= 15 is 0 Å². The SMILES string of the molecule is C=CC(N)c1ccc(C)nc1Cl. The average molecular weight is 183 g/mol. The summed E-state index contributed by atoms with van der Waals surface area (Å²) < 4.78 is 0. The number of aromatic nitrogens is 1. The Hall–Kier alpha value is -0.860. The monoisotopic (exact) mass is 182 g/mol. The molecule has 0 aliphatic carbocycles. The molecule has 2 N–H and O–H groups in total. The molecule has 1 heterocycles. The second-order valence-corrected chi connectivity index (χ2v) is 2.95. The Kier molecular flexibility index (Phi) is 2.84. The highest BCUT2D eigenvalue weighted by atomic mass is 35.5. The summed E-state index contributed by atoms with van der Waals surface area (Å²) in [5, 5.41) is 0.461. The van der Waals surface area contributed by atoms with Crippen LogP contribution in [0.25, 0.3) is 0 Å². The normalized spacial score (nSPS) is 12.6. The Morgan fingerprint density at radius 3 is 2.83 bits per heavy atom. The standard InChI is InChI=1S/C9H11ClN2/c1-3-8(11)7-5-4-6(2)12-9(7)10/h3-5,8H,1,11H2,2H3. The maximum atomic E-state index is 5.86. The van der Waals surface area contributed by atoms with Gasteiger partial charge in [0.05, 0.1) is 6.04 Å². The zero-order valence-electron chi connectivity index (χ0n) is 6.92. The Labute approximate surface area is 77.1 Å². The Balaban J connectivity index is 3.09. The summed E-state index contributed by atoms with van der Waals surface area (Å²) in [5.74, 6) is 0. The highest BCUT2D eigenvalue weighted by Crippen LogP contribution is 2.19. The van der Waals surface area contributed by atoms with Gasteiger partial charge in [-0.3, -0.25) is 0 Å². The molecule has 3 heteroatoms. The molecule has 64 valence electrons. The van der Waals surface area contributed by atoms with Crippen molar-refractivity contribution in [2.45, 2.75) is 13.0 Å². The van der Waals surface area contributed by atoms with Crippen LogP contribution >= 0.6 is 11.6 Å². The smallest absolute Gasteiger partial charge is 0.134 e. The minimum atomic E-state index is -0.231. The van der Waals surface area contributed by atoms with E-state index in [1.807, 2.05) is 19.1 Å². The van der Waals surface area contributed by atoms with Crippen molar-refractivity contribution in [3.05, 3.63) is 41.2 Å². The largest absolute Gasteiger partial charge is 0.321 e. The Morgan fingerprint density at radius 1 is 1.67 bits per heavy atom. The zero-order valence-corrected chi connectivity index (χ0v) is 7.67. The first-order valence-electron chi connectivity index (χ1n) is 3.66. The third kappa shape index (κ3) is 1.84. The maximum Gasteiger partial charge on any atom is 0.134 e. The third-order valence-electron chi connectivity index (χ3n) is 1.63. The first-order valence-corrected chi connectivity index (χ1v) is 4.04. The van der Waals surface area contributed by atoms with Crippen molar-refractivity contribution in [2.75, 3.05) is 0 Å². The van der Waals surface area contributed by atoms with Crippen LogP contribution in [0.3, 0.4) is 0 Å². The number of hydrogen-bond donors (Lipinski definition) is 1. The molecule has 0 fully saturated rings. The first kappa shape index (κ1) is 9.23. The predicted molar refractivity (Wildman–Crippen MR) is 51.1 cm³/mol. The molecule has 0 saturated heterocycles. The molecular weight excluding hydrogens is 172 g/mol. The summed E-state index contributed by atoms with van der Waals surface area (Å²) >= 11 is 5.86. The summed E-state index contributed by atoms with van der Waals surface area (Å²) in [5.41, 5.74) is 7.41. The molecule has 12 heavy (non-hydrogen) atoms. The van der Waals surface area contributed by atoms with Crippen LogP contribution in [0, 0.1) is 6.92 Å². The van der Waals surface area contributed by atoms with Crippen molar-refractivity contribution in [2.24, 2.45) is 5.73 Å². The van der Waals surface area contributed by atoms with Gasteiger partial charge in [-0.1, -0.05) is 23.7 Å². The third-order valence-corrected chi connectivity index (χ3v) is 1.93. The summed E-state index contributed by atoms with van der Waals surface area (Å²) in [6.45, 7) is 5.47. The van der Waals surface area contributed by atoms with Gasteiger partial charge in [0.2, 0.25) is 0 Å². The number of aryl methyl sites for hydroxylation is 1. The molecule has 0 spiro atoms. The van der Waals surface area contributed by atoms with E-state index in [1.165, 1.54) is 0 Å². The average Bonchev–Trinajstić information content (AvgIpc) is 2.03. The molecular formula is C9H11ClN2. The van der Waals surface area contributed by atoms with E-state index in [4.69, 9.17) is 17.3 Å². The second kappa shape index (κ2) is 3.70. The Bertz CT molecular complexity index is 297. The van der Waals surface area contributed by atoms with Crippen LogP contribution in [-0.4, -0.2) is 4.98 Å². The Morgan fingerprint density at radius 2 is 2.33 bits per heavy atom. The highest BCUT2D eigenvalue weighted by Gasteiger charge is 2.06. The van der Waals surface area contributed by atoms with Crippen LogP contribution in [0.4, 0.5) is 0 Å². The molecule has 2 nitrogen and oxygen atoms in total. The van der Waals surface area contributed by atoms with E-state index in [2.05, 4.69) is 11.6 Å². The van der Waals surface area contributed by atoms with E-state index in [9.17, 15) is 0 Å². The van der Waals surface area contributed by atoms with Gasteiger partial charge in [0, 0.05) is 11.3 Å². The fourth-order valence-electron chi connectivity index (χ4n) is 0.911. The summed E-state index contributed by atoms with van der Waals surface area (Å²) in [7, 11) is 0. The molecule has 1 rings (SSSR count). The van der Waals surface area contributed by atoms with Gasteiger partial charge in [-0.05, 0) is 13.0 Å². The van der Waals surface area contributed by atoms with E-state index in [1.54, 1.807) is 6.08 Å². The molecule has 1 unspecified atom stereocenters. The first-order chi connectivity index (χ1) is 5.65. The molecule has 0 aliphatic rings. The molecule has 1 atom stereocenters. The van der Waals surface area contributed by atoms with Gasteiger partial charge < -0.3 is 5.73 Å². The van der Waals surface area contributed by atoms with Gasteiger partial charge in [0.15, 0.2) is 0 Å². The number of rotatable bonds is 2. The quantitative estimate of drug-likeness (QED) is 0.563. The number of halogens is 1. The predicted octanol–water partition coefficient (Wildman–Crippen LogP) is 2.23. The zero-order chi connectivity index (χ0) is 9.14. The topological polar surface area (TPSA) is 38.9 Å². The number of hydrogen-bond acceptors (Lipinski definition) is 2. The van der Waals surface area contributed by atoms with Gasteiger partial charge in [-0.2, -0.15) is 0 Å². The molecule has 0 amide bonds. The van der Waals surface area contributed by atoms with Crippen LogP contribution in [0.5, 0.6) is 0 Å². The van der Waals surface area contributed by atoms with Crippen LogP contribution < -0.4 is 5.73 Å². The van der Waals surface area contributed by atoms with E-state index in [-0.39, 0.29) is 6.04 Å². The van der Waals surface area contributed by atoms with Gasteiger partial charge in [0.1, 0.15) is 5.15 Å². The van der Waals surface area contributed by atoms with Crippen molar-refractivity contribution in [3.63, 3.8) is 0 Å². The van der Waals surface area contributed by atoms with Crippen molar-refractivity contribution in [1.29, 1.82) is 0 Å². The molecule has 0 bridgehead atoms. The van der Waals surface area contributed by atoms with E-state index in [0.717, 1.165) is 11.3 Å². The molecule has 0 aliphatic heterocycles.